The molecule has 1 heterocycles. The van der Waals surface area contributed by atoms with Crippen LogP contribution in [-0.4, -0.2) is 10.7 Å². The first-order valence-corrected chi connectivity index (χ1v) is 5.66. The lowest BCUT2D eigenvalue weighted by atomic mass is 10.1. The molecule has 0 radical (unpaired) electrons. The van der Waals surface area contributed by atoms with Crippen molar-refractivity contribution in [2.45, 2.75) is 13.8 Å². The van der Waals surface area contributed by atoms with Crippen molar-refractivity contribution in [3.8, 4) is 12.1 Å². The van der Waals surface area contributed by atoms with E-state index < -0.39 is 0 Å². The van der Waals surface area contributed by atoms with Gasteiger partial charge in [0.1, 0.15) is 12.1 Å². The summed E-state index contributed by atoms with van der Waals surface area (Å²) in [5.74, 6) is 0. The number of nitrogens with one attached hydrogen (secondary N) is 1. The minimum absolute atomic E-state index is 0.212. The Morgan fingerprint density at radius 1 is 1.16 bits per heavy atom. The highest BCUT2D eigenvalue weighted by atomic mass is 15.3. The summed E-state index contributed by atoms with van der Waals surface area (Å²) in [6.07, 6.45) is 0. The number of aryl methyl sites for hydroxylation is 2. The Hall–Kier alpha value is -2.92. The fraction of sp³-hybridized carbons (Fsp3) is 0.143. The molecule has 5 heteroatoms. The zero-order valence-corrected chi connectivity index (χ0v) is 10.6. The summed E-state index contributed by atoms with van der Waals surface area (Å²) in [6, 6.07) is 11.1. The van der Waals surface area contributed by atoms with Crippen molar-refractivity contribution in [2.75, 3.05) is 5.43 Å². The Bertz CT molecular complexity index is 731. The first kappa shape index (κ1) is 12.5. The summed E-state index contributed by atoms with van der Waals surface area (Å²) in [7, 11) is 0. The van der Waals surface area contributed by atoms with Crippen molar-refractivity contribution >= 4 is 22.3 Å². The predicted octanol–water partition coefficient (Wildman–Crippen LogP) is 2.67. The predicted molar refractivity (Wildman–Crippen MR) is 73.5 cm³/mol. The standard InChI is InChI=1S/C14H11N5/c1-9-3-6-13-12(5-4-10(2)17-13)14(9)19-18-11(7-15)8-16/h3-6,19H,1-2H3. The maximum Gasteiger partial charge on any atom is 0.237 e. The van der Waals surface area contributed by atoms with Gasteiger partial charge in [0, 0.05) is 11.1 Å². The maximum absolute atomic E-state index is 8.67. The molecule has 0 fully saturated rings. The van der Waals surface area contributed by atoms with Gasteiger partial charge < -0.3 is 0 Å². The minimum atomic E-state index is -0.212. The summed E-state index contributed by atoms with van der Waals surface area (Å²) in [6.45, 7) is 3.85. The molecule has 0 saturated heterocycles. The first-order chi connectivity index (χ1) is 9.15. The average molecular weight is 249 g/mol. The van der Waals surface area contributed by atoms with Crippen molar-refractivity contribution in [1.29, 1.82) is 10.5 Å². The van der Waals surface area contributed by atoms with Crippen LogP contribution in [0.2, 0.25) is 0 Å². The van der Waals surface area contributed by atoms with Crippen LogP contribution in [0.1, 0.15) is 11.3 Å². The monoisotopic (exact) mass is 249 g/mol. The molecule has 0 saturated carbocycles. The fourth-order valence-corrected chi connectivity index (χ4v) is 1.75. The highest BCUT2D eigenvalue weighted by Crippen LogP contribution is 2.26. The average Bonchev–Trinajstić information content (AvgIpc) is 2.42. The molecule has 0 amide bonds. The van der Waals surface area contributed by atoms with E-state index in [9.17, 15) is 0 Å². The SMILES string of the molecule is Cc1ccc2c(NN=C(C#N)C#N)c(C)ccc2n1. The van der Waals surface area contributed by atoms with Gasteiger partial charge in [-0.05, 0) is 37.6 Å². The Morgan fingerprint density at radius 3 is 2.58 bits per heavy atom. The Kier molecular flexibility index (Phi) is 3.40. The Morgan fingerprint density at radius 2 is 1.89 bits per heavy atom. The number of rotatable bonds is 2. The molecule has 1 aromatic carbocycles. The third kappa shape index (κ3) is 2.51. The van der Waals surface area contributed by atoms with E-state index in [1.807, 2.05) is 38.1 Å². The molecular formula is C14H11N5. The topological polar surface area (TPSA) is 84.9 Å². The third-order valence-electron chi connectivity index (χ3n) is 2.71. The van der Waals surface area contributed by atoms with Crippen LogP contribution in [0.25, 0.3) is 10.9 Å². The minimum Gasteiger partial charge on any atom is -0.276 e. The van der Waals surface area contributed by atoms with Crippen LogP contribution in [-0.2, 0) is 0 Å². The molecule has 0 aliphatic heterocycles. The van der Waals surface area contributed by atoms with Crippen LogP contribution in [0, 0.1) is 36.5 Å². The number of aromatic nitrogens is 1. The molecule has 0 bridgehead atoms. The van der Waals surface area contributed by atoms with Crippen molar-refractivity contribution in [1.82, 2.24) is 4.98 Å². The quantitative estimate of drug-likeness (QED) is 0.655. The van der Waals surface area contributed by atoms with Crippen LogP contribution >= 0.6 is 0 Å². The number of pyridine rings is 1. The van der Waals surface area contributed by atoms with E-state index in [0.717, 1.165) is 27.8 Å². The number of anilines is 1. The number of nitrogens with zero attached hydrogens (tertiary/aromatic N) is 4. The van der Waals surface area contributed by atoms with Gasteiger partial charge in [-0.3, -0.25) is 10.4 Å². The van der Waals surface area contributed by atoms with Gasteiger partial charge in [0.15, 0.2) is 0 Å². The summed E-state index contributed by atoms with van der Waals surface area (Å²) in [5, 5.41) is 22.0. The molecule has 1 aromatic heterocycles. The molecule has 0 unspecified atom stereocenters. The van der Waals surface area contributed by atoms with Crippen molar-refractivity contribution in [3.05, 3.63) is 35.5 Å². The maximum atomic E-state index is 8.67. The van der Waals surface area contributed by atoms with Crippen LogP contribution in [0.3, 0.4) is 0 Å². The van der Waals surface area contributed by atoms with E-state index in [0.29, 0.717) is 0 Å². The van der Waals surface area contributed by atoms with E-state index in [2.05, 4.69) is 15.5 Å². The van der Waals surface area contributed by atoms with Crippen molar-refractivity contribution < 1.29 is 0 Å². The molecule has 0 aliphatic rings. The van der Waals surface area contributed by atoms with E-state index in [4.69, 9.17) is 10.5 Å². The van der Waals surface area contributed by atoms with Crippen LogP contribution < -0.4 is 5.43 Å². The molecule has 19 heavy (non-hydrogen) atoms. The van der Waals surface area contributed by atoms with Gasteiger partial charge in [0.05, 0.1) is 11.2 Å². The van der Waals surface area contributed by atoms with Gasteiger partial charge >= 0.3 is 0 Å². The zero-order valence-electron chi connectivity index (χ0n) is 10.6. The second-order valence-electron chi connectivity index (χ2n) is 4.07. The summed E-state index contributed by atoms with van der Waals surface area (Å²) < 4.78 is 0. The lowest BCUT2D eigenvalue weighted by Crippen LogP contribution is -1.99. The number of hydrogen-bond donors (Lipinski definition) is 1. The molecule has 2 rings (SSSR count). The highest BCUT2D eigenvalue weighted by molar-refractivity contribution is 6.10. The first-order valence-electron chi connectivity index (χ1n) is 5.66. The van der Waals surface area contributed by atoms with Gasteiger partial charge in [-0.25, -0.2) is 0 Å². The zero-order chi connectivity index (χ0) is 13.8. The van der Waals surface area contributed by atoms with Gasteiger partial charge in [-0.15, -0.1) is 0 Å². The van der Waals surface area contributed by atoms with E-state index in [-0.39, 0.29) is 5.71 Å². The number of nitriles is 2. The van der Waals surface area contributed by atoms with Crippen molar-refractivity contribution in [2.24, 2.45) is 5.10 Å². The van der Waals surface area contributed by atoms with Crippen LogP contribution in [0.15, 0.2) is 29.4 Å². The number of hydrazone groups is 1. The number of fused-ring (bicyclic) bond motifs is 1. The van der Waals surface area contributed by atoms with Crippen molar-refractivity contribution in [3.63, 3.8) is 0 Å². The fourth-order valence-electron chi connectivity index (χ4n) is 1.75. The number of benzene rings is 1. The largest absolute Gasteiger partial charge is 0.276 e. The molecule has 92 valence electrons. The molecule has 1 N–H and O–H groups in total. The molecule has 0 atom stereocenters. The summed E-state index contributed by atoms with van der Waals surface area (Å²) in [5.41, 5.74) is 6.07. The number of hydrogen-bond acceptors (Lipinski definition) is 5. The van der Waals surface area contributed by atoms with E-state index >= 15 is 0 Å². The van der Waals surface area contributed by atoms with Gasteiger partial charge in [-0.1, -0.05) is 6.07 Å². The van der Waals surface area contributed by atoms with E-state index in [1.54, 1.807) is 12.1 Å². The lowest BCUT2D eigenvalue weighted by Gasteiger charge is -2.09. The van der Waals surface area contributed by atoms with Crippen LogP contribution in [0.4, 0.5) is 5.69 Å². The van der Waals surface area contributed by atoms with Crippen LogP contribution in [0.5, 0.6) is 0 Å². The van der Waals surface area contributed by atoms with E-state index in [1.165, 1.54) is 0 Å². The molecular weight excluding hydrogens is 238 g/mol. The second-order valence-corrected chi connectivity index (χ2v) is 4.07. The summed E-state index contributed by atoms with van der Waals surface area (Å²) >= 11 is 0. The molecule has 0 spiro atoms. The smallest absolute Gasteiger partial charge is 0.237 e. The normalized spacial score (nSPS) is 9.47. The third-order valence-corrected chi connectivity index (χ3v) is 2.71. The highest BCUT2D eigenvalue weighted by Gasteiger charge is 2.05. The van der Waals surface area contributed by atoms with Gasteiger partial charge in [0.25, 0.3) is 0 Å². The van der Waals surface area contributed by atoms with Gasteiger partial charge in [-0.2, -0.15) is 15.6 Å². The molecule has 2 aromatic rings. The Balaban J connectivity index is 2.54. The second kappa shape index (κ2) is 5.16. The lowest BCUT2D eigenvalue weighted by molar-refractivity contribution is 1.24. The van der Waals surface area contributed by atoms with Gasteiger partial charge in [0.2, 0.25) is 5.71 Å². The molecule has 0 aliphatic carbocycles. The Labute approximate surface area is 110 Å². The molecule has 5 nitrogen and oxygen atoms in total. The summed E-state index contributed by atoms with van der Waals surface area (Å²) in [4.78, 5) is 4.43.